The van der Waals surface area contributed by atoms with Gasteiger partial charge in [0.1, 0.15) is 11.3 Å². The van der Waals surface area contributed by atoms with E-state index in [1.807, 2.05) is 0 Å². The summed E-state index contributed by atoms with van der Waals surface area (Å²) < 4.78 is 5.08. The number of hydrogen-bond acceptors (Lipinski definition) is 5. The smallest absolute Gasteiger partial charge is 0.347 e. The lowest BCUT2D eigenvalue weighted by Gasteiger charge is -2.08. The monoisotopic (exact) mass is 244 g/mol. The molecule has 0 aliphatic heterocycles. The molecule has 0 aliphatic rings. The number of para-hydroxylation sites is 1. The van der Waals surface area contributed by atoms with Gasteiger partial charge in [0.05, 0.1) is 11.4 Å². The molecule has 5 heteroatoms. The molecule has 2 rings (SSSR count). The number of rotatable bonds is 2. The second-order valence-corrected chi connectivity index (χ2v) is 3.67. The summed E-state index contributed by atoms with van der Waals surface area (Å²) in [5.74, 6) is -0.668. The van der Waals surface area contributed by atoms with Crippen molar-refractivity contribution < 1.29 is 14.6 Å². The third-order valence-corrected chi connectivity index (χ3v) is 2.42. The van der Waals surface area contributed by atoms with Crippen molar-refractivity contribution in [3.8, 4) is 11.5 Å². The highest BCUT2D eigenvalue weighted by Gasteiger charge is 2.16. The number of ether oxygens (including phenoxy) is 1. The lowest BCUT2D eigenvalue weighted by atomic mass is 10.1. The number of phenolic OH excluding ortho intramolecular Hbond substituents is 1. The Morgan fingerprint density at radius 3 is 2.39 bits per heavy atom. The Morgan fingerprint density at radius 1 is 1.06 bits per heavy atom. The fourth-order valence-electron chi connectivity index (χ4n) is 1.44. The Morgan fingerprint density at radius 2 is 1.72 bits per heavy atom. The maximum atomic E-state index is 11.8. The van der Waals surface area contributed by atoms with Crippen LogP contribution in [0.4, 0.5) is 11.4 Å². The Labute approximate surface area is 104 Å². The molecule has 0 saturated carbocycles. The normalized spacial score (nSPS) is 10.0. The van der Waals surface area contributed by atoms with Crippen molar-refractivity contribution in [1.82, 2.24) is 0 Å². The van der Waals surface area contributed by atoms with Gasteiger partial charge in [-0.15, -0.1) is 0 Å². The van der Waals surface area contributed by atoms with E-state index in [4.69, 9.17) is 16.2 Å². The molecule has 0 heterocycles. The molecule has 0 bridgehead atoms. The zero-order valence-electron chi connectivity index (χ0n) is 9.46. The van der Waals surface area contributed by atoms with Crippen LogP contribution in [-0.2, 0) is 0 Å². The zero-order chi connectivity index (χ0) is 13.1. The van der Waals surface area contributed by atoms with E-state index >= 15 is 0 Å². The predicted molar refractivity (Wildman–Crippen MR) is 68.3 cm³/mol. The van der Waals surface area contributed by atoms with Gasteiger partial charge in [0.15, 0.2) is 5.75 Å². The highest BCUT2D eigenvalue weighted by atomic mass is 16.5. The second-order valence-electron chi connectivity index (χ2n) is 3.67. The largest absolute Gasteiger partial charge is 0.505 e. The van der Waals surface area contributed by atoms with Gasteiger partial charge >= 0.3 is 5.97 Å². The molecule has 0 aromatic heterocycles. The molecule has 0 unspecified atom stereocenters. The first-order valence-electron chi connectivity index (χ1n) is 5.23. The molecular weight excluding hydrogens is 232 g/mol. The molecule has 0 amide bonds. The molecule has 0 fully saturated rings. The minimum atomic E-state index is -0.689. The topological polar surface area (TPSA) is 98.6 Å². The Kier molecular flexibility index (Phi) is 3.05. The summed E-state index contributed by atoms with van der Waals surface area (Å²) >= 11 is 0. The first-order valence-corrected chi connectivity index (χ1v) is 5.23. The molecule has 18 heavy (non-hydrogen) atoms. The first-order chi connectivity index (χ1) is 8.59. The Bertz CT molecular complexity index is 582. The van der Waals surface area contributed by atoms with Crippen LogP contribution in [0.15, 0.2) is 42.5 Å². The molecule has 5 N–H and O–H groups in total. The van der Waals surface area contributed by atoms with Gasteiger partial charge in [0, 0.05) is 0 Å². The summed E-state index contributed by atoms with van der Waals surface area (Å²) in [5, 5.41) is 9.72. The molecular formula is C13H12N2O3. The number of carbonyl (C=O) groups excluding carboxylic acids is 1. The standard InChI is InChI=1S/C13H12N2O3/c14-10-7-6-9(12(16)11(10)15)13(17)18-8-4-2-1-3-5-8/h1-7,16H,14-15H2. The summed E-state index contributed by atoms with van der Waals surface area (Å²) in [6.45, 7) is 0. The number of nitrogens with two attached hydrogens (primary N) is 2. The van der Waals surface area contributed by atoms with Crippen molar-refractivity contribution in [2.24, 2.45) is 0 Å². The van der Waals surface area contributed by atoms with Crippen LogP contribution in [0.3, 0.4) is 0 Å². The lowest BCUT2D eigenvalue weighted by molar-refractivity contribution is 0.0732. The molecule has 0 atom stereocenters. The van der Waals surface area contributed by atoms with Crippen LogP contribution in [0.1, 0.15) is 10.4 Å². The van der Waals surface area contributed by atoms with Gasteiger partial charge in [-0.2, -0.15) is 0 Å². The van der Waals surface area contributed by atoms with Crippen molar-refractivity contribution >= 4 is 17.3 Å². The van der Waals surface area contributed by atoms with Crippen molar-refractivity contribution in [3.63, 3.8) is 0 Å². The number of anilines is 2. The minimum Gasteiger partial charge on any atom is -0.505 e. The molecule has 92 valence electrons. The van der Waals surface area contributed by atoms with Crippen LogP contribution in [-0.4, -0.2) is 11.1 Å². The van der Waals surface area contributed by atoms with E-state index in [1.54, 1.807) is 30.3 Å². The Hall–Kier alpha value is -2.69. The summed E-state index contributed by atoms with van der Waals surface area (Å²) in [6, 6.07) is 11.4. The Balaban J connectivity index is 2.28. The molecule has 2 aromatic carbocycles. The highest BCUT2D eigenvalue weighted by molar-refractivity contribution is 5.97. The minimum absolute atomic E-state index is 0.0226. The average Bonchev–Trinajstić information content (AvgIpc) is 2.37. The average molecular weight is 244 g/mol. The van der Waals surface area contributed by atoms with Crippen LogP contribution >= 0.6 is 0 Å². The van der Waals surface area contributed by atoms with E-state index in [0.29, 0.717) is 5.75 Å². The van der Waals surface area contributed by atoms with Gasteiger partial charge in [-0.3, -0.25) is 0 Å². The van der Waals surface area contributed by atoms with Crippen LogP contribution in [0, 0.1) is 0 Å². The van der Waals surface area contributed by atoms with Gasteiger partial charge in [0.25, 0.3) is 0 Å². The summed E-state index contributed by atoms with van der Waals surface area (Å²) in [4.78, 5) is 11.8. The van der Waals surface area contributed by atoms with Crippen molar-refractivity contribution in [2.45, 2.75) is 0 Å². The number of carbonyl (C=O) groups is 1. The predicted octanol–water partition coefficient (Wildman–Crippen LogP) is 1.78. The van der Waals surface area contributed by atoms with Crippen molar-refractivity contribution in [2.75, 3.05) is 11.5 Å². The van der Waals surface area contributed by atoms with Crippen LogP contribution < -0.4 is 16.2 Å². The number of phenols is 1. The van der Waals surface area contributed by atoms with Crippen LogP contribution in [0.5, 0.6) is 11.5 Å². The second kappa shape index (κ2) is 4.67. The highest BCUT2D eigenvalue weighted by Crippen LogP contribution is 2.30. The summed E-state index contributed by atoms with van der Waals surface area (Å²) in [6.07, 6.45) is 0. The van der Waals surface area contributed by atoms with Gasteiger partial charge in [-0.05, 0) is 24.3 Å². The van der Waals surface area contributed by atoms with E-state index in [0.717, 1.165) is 0 Å². The fourth-order valence-corrected chi connectivity index (χ4v) is 1.44. The third-order valence-electron chi connectivity index (χ3n) is 2.42. The van der Waals surface area contributed by atoms with E-state index in [9.17, 15) is 9.90 Å². The van der Waals surface area contributed by atoms with Gasteiger partial charge in [0.2, 0.25) is 0 Å². The maximum Gasteiger partial charge on any atom is 0.347 e. The van der Waals surface area contributed by atoms with Crippen molar-refractivity contribution in [1.29, 1.82) is 0 Å². The molecule has 0 spiro atoms. The van der Waals surface area contributed by atoms with Crippen LogP contribution in [0.2, 0.25) is 0 Å². The van der Waals surface area contributed by atoms with Crippen LogP contribution in [0.25, 0.3) is 0 Å². The number of esters is 1. The van der Waals surface area contributed by atoms with Gasteiger partial charge in [-0.25, -0.2) is 4.79 Å². The molecule has 5 nitrogen and oxygen atoms in total. The zero-order valence-corrected chi connectivity index (χ0v) is 9.46. The molecule has 0 saturated heterocycles. The van der Waals surface area contributed by atoms with E-state index < -0.39 is 5.97 Å². The lowest BCUT2D eigenvalue weighted by Crippen LogP contribution is -2.10. The first kappa shape index (κ1) is 11.8. The summed E-state index contributed by atoms with van der Waals surface area (Å²) in [5.41, 5.74) is 11.2. The maximum absolute atomic E-state index is 11.8. The third kappa shape index (κ3) is 2.20. The number of benzene rings is 2. The quantitative estimate of drug-likeness (QED) is 0.323. The SMILES string of the molecule is Nc1ccc(C(=O)Oc2ccccc2)c(O)c1N. The molecule has 0 aliphatic carbocycles. The van der Waals surface area contributed by atoms with Gasteiger partial charge < -0.3 is 21.3 Å². The van der Waals surface area contributed by atoms with Crippen molar-refractivity contribution in [3.05, 3.63) is 48.0 Å². The number of hydrogen-bond donors (Lipinski definition) is 3. The number of nitrogen functional groups attached to an aromatic ring is 2. The summed E-state index contributed by atoms with van der Waals surface area (Å²) in [7, 11) is 0. The fraction of sp³-hybridized carbons (Fsp3) is 0. The van der Waals surface area contributed by atoms with E-state index in [2.05, 4.69) is 0 Å². The number of aromatic hydroxyl groups is 1. The molecule has 2 aromatic rings. The molecule has 0 radical (unpaired) electrons. The van der Waals surface area contributed by atoms with E-state index in [1.165, 1.54) is 12.1 Å². The van der Waals surface area contributed by atoms with E-state index in [-0.39, 0.29) is 22.7 Å². The van der Waals surface area contributed by atoms with Gasteiger partial charge in [-0.1, -0.05) is 18.2 Å².